The number of hydrogen-bond donors (Lipinski definition) is 1. The monoisotopic (exact) mass is 349 g/mol. The predicted octanol–water partition coefficient (Wildman–Crippen LogP) is 1.03. The van der Waals surface area contributed by atoms with Crippen molar-refractivity contribution in [2.24, 2.45) is 11.0 Å². The lowest BCUT2D eigenvalue weighted by Gasteiger charge is -2.49. The molecule has 1 aliphatic carbocycles. The van der Waals surface area contributed by atoms with E-state index < -0.39 is 23.9 Å². The van der Waals surface area contributed by atoms with Crippen molar-refractivity contribution < 1.29 is 33.5 Å². The first-order chi connectivity index (χ1) is 11.5. The molecule has 0 aliphatic heterocycles. The summed E-state index contributed by atoms with van der Waals surface area (Å²) in [5.41, 5.74) is 7.20. The van der Waals surface area contributed by atoms with Crippen LogP contribution in [-0.2, 0) is 28.4 Å². The maximum absolute atomic E-state index is 11.0. The third-order valence-electron chi connectivity index (χ3n) is 3.92. The first kappa shape index (κ1) is 21.1. The average molecular weight is 349 g/mol. The van der Waals surface area contributed by atoms with Crippen molar-refractivity contribution in [1.82, 2.24) is 0 Å². The van der Waals surface area contributed by atoms with Gasteiger partial charge in [0.15, 0.2) is 0 Å². The molecule has 0 aromatic heterocycles. The number of nitrogens with zero attached hydrogens (tertiary/aromatic N) is 3. The maximum atomic E-state index is 11.0. The van der Waals surface area contributed by atoms with E-state index in [2.05, 4.69) is 10.0 Å². The molecule has 1 saturated carbocycles. The smallest absolute Gasteiger partial charge is 0.146 e. The van der Waals surface area contributed by atoms with Gasteiger partial charge in [-0.25, -0.2) is 0 Å². The van der Waals surface area contributed by atoms with Crippen molar-refractivity contribution in [2.75, 3.05) is 48.3 Å². The zero-order chi connectivity index (χ0) is 18.0. The van der Waals surface area contributed by atoms with E-state index in [0.717, 1.165) is 0 Å². The van der Waals surface area contributed by atoms with Crippen LogP contribution in [0.25, 0.3) is 10.4 Å². The van der Waals surface area contributed by atoms with E-state index in [1.54, 1.807) is 0 Å². The van der Waals surface area contributed by atoms with E-state index in [1.807, 2.05) is 6.92 Å². The van der Waals surface area contributed by atoms with Crippen LogP contribution in [0.5, 0.6) is 0 Å². The Morgan fingerprint density at radius 2 is 1.58 bits per heavy atom. The summed E-state index contributed by atoms with van der Waals surface area (Å²) in [5.74, 6) is -0.0942. The highest BCUT2D eigenvalue weighted by molar-refractivity contribution is 5.04. The lowest BCUT2D eigenvalue weighted by atomic mass is 9.73. The van der Waals surface area contributed by atoms with Gasteiger partial charge in [-0.05, 0) is 17.9 Å². The molecule has 0 spiro atoms. The molecule has 5 atom stereocenters. The first-order valence-electron chi connectivity index (χ1n) is 7.59. The summed E-state index contributed by atoms with van der Waals surface area (Å²) in [6, 6.07) is 0. The fraction of sp³-hybridized carbons (Fsp3) is 1.00. The third-order valence-corrected chi connectivity index (χ3v) is 3.92. The Kier molecular flexibility index (Phi) is 9.49. The molecule has 1 rings (SSSR count). The highest BCUT2D eigenvalue weighted by Crippen LogP contribution is 2.38. The lowest BCUT2D eigenvalue weighted by molar-refractivity contribution is -0.276. The van der Waals surface area contributed by atoms with Gasteiger partial charge in [-0.3, -0.25) is 0 Å². The summed E-state index contributed by atoms with van der Waals surface area (Å²) in [4.78, 5) is 2.73. The van der Waals surface area contributed by atoms with Crippen LogP contribution < -0.4 is 0 Å². The number of azide groups is 1. The second-order valence-corrected chi connectivity index (χ2v) is 5.74. The highest BCUT2D eigenvalue weighted by atomic mass is 16.7. The van der Waals surface area contributed by atoms with E-state index in [9.17, 15) is 5.11 Å². The quantitative estimate of drug-likeness (QED) is 0.256. The predicted molar refractivity (Wildman–Crippen MR) is 83.0 cm³/mol. The van der Waals surface area contributed by atoms with Gasteiger partial charge in [-0.2, -0.15) is 0 Å². The van der Waals surface area contributed by atoms with Gasteiger partial charge in [-0.15, -0.1) is 0 Å². The third kappa shape index (κ3) is 5.54. The SMILES string of the molecule is COCO[C@@H]1[C@H](OCOC)[C@H](C)C[C@](O)(CN=[N+]=[N-])[C@H]1OCOC. The van der Waals surface area contributed by atoms with Gasteiger partial charge in [0.1, 0.15) is 32.6 Å². The molecule has 0 unspecified atom stereocenters. The Bertz CT molecular complexity index is 408. The van der Waals surface area contributed by atoms with Crippen LogP contribution in [-0.4, -0.2) is 77.3 Å². The number of hydrogen-bond acceptors (Lipinski definition) is 8. The molecular formula is C14H27N3O7. The van der Waals surface area contributed by atoms with Crippen molar-refractivity contribution in [3.63, 3.8) is 0 Å². The maximum Gasteiger partial charge on any atom is 0.146 e. The molecule has 1 fully saturated rings. The molecule has 0 heterocycles. The molecule has 0 aromatic rings. The Morgan fingerprint density at radius 1 is 1.04 bits per heavy atom. The van der Waals surface area contributed by atoms with Gasteiger partial charge in [-0.1, -0.05) is 12.0 Å². The van der Waals surface area contributed by atoms with Gasteiger partial charge in [0.25, 0.3) is 0 Å². The van der Waals surface area contributed by atoms with Gasteiger partial charge >= 0.3 is 0 Å². The molecule has 10 heteroatoms. The molecule has 0 amide bonds. The van der Waals surface area contributed by atoms with Crippen LogP contribution in [0, 0.1) is 5.92 Å². The molecule has 1 aliphatic rings. The Labute approximate surface area is 141 Å². The van der Waals surface area contributed by atoms with Crippen LogP contribution in [0.1, 0.15) is 13.3 Å². The fourth-order valence-electron chi connectivity index (χ4n) is 3.03. The highest BCUT2D eigenvalue weighted by Gasteiger charge is 2.53. The van der Waals surface area contributed by atoms with Crippen molar-refractivity contribution in [2.45, 2.75) is 37.3 Å². The Hall–Kier alpha value is -0.970. The summed E-state index contributed by atoms with van der Waals surface area (Å²) in [5, 5.41) is 14.5. The van der Waals surface area contributed by atoms with Crippen LogP contribution in [0.15, 0.2) is 5.11 Å². The molecule has 10 nitrogen and oxygen atoms in total. The zero-order valence-electron chi connectivity index (χ0n) is 14.6. The average Bonchev–Trinajstić information content (AvgIpc) is 2.56. The molecule has 0 saturated heterocycles. The number of ether oxygens (including phenoxy) is 6. The summed E-state index contributed by atoms with van der Waals surface area (Å²) < 4.78 is 32.0. The van der Waals surface area contributed by atoms with Crippen LogP contribution >= 0.6 is 0 Å². The molecule has 24 heavy (non-hydrogen) atoms. The van der Waals surface area contributed by atoms with E-state index >= 15 is 0 Å². The van der Waals surface area contributed by atoms with Gasteiger partial charge in [0, 0.05) is 26.2 Å². The minimum atomic E-state index is -1.41. The molecular weight excluding hydrogens is 322 g/mol. The van der Waals surface area contributed by atoms with Crippen molar-refractivity contribution in [1.29, 1.82) is 0 Å². The Balaban J connectivity index is 3.08. The number of methoxy groups -OCH3 is 3. The largest absolute Gasteiger partial charge is 0.387 e. The Morgan fingerprint density at radius 3 is 2.12 bits per heavy atom. The standard InChI is InChI=1S/C14H27N3O7/c1-10-5-14(18,6-16-17-15)13(24-9-21-4)12(23-8-20-3)11(10)22-7-19-2/h10-13,18H,5-9H2,1-4H3/t10-,11-,12-,13+,14+/m1/s1. The molecule has 0 aromatic carbocycles. The van der Waals surface area contributed by atoms with Crippen LogP contribution in [0.2, 0.25) is 0 Å². The van der Waals surface area contributed by atoms with Crippen molar-refractivity contribution in [3.05, 3.63) is 10.4 Å². The molecule has 1 N–H and O–H groups in total. The topological polar surface area (TPSA) is 124 Å². The summed E-state index contributed by atoms with van der Waals surface area (Å²) in [7, 11) is 4.49. The minimum Gasteiger partial charge on any atom is -0.387 e. The van der Waals surface area contributed by atoms with Gasteiger partial charge < -0.3 is 33.5 Å². The number of rotatable bonds is 11. The van der Waals surface area contributed by atoms with E-state index in [1.165, 1.54) is 21.3 Å². The normalized spacial score (nSPS) is 33.2. The van der Waals surface area contributed by atoms with Crippen molar-refractivity contribution in [3.8, 4) is 0 Å². The first-order valence-corrected chi connectivity index (χ1v) is 7.59. The number of aliphatic hydroxyl groups is 1. The molecule has 0 bridgehead atoms. The van der Waals surface area contributed by atoms with Gasteiger partial charge in [0.2, 0.25) is 0 Å². The van der Waals surface area contributed by atoms with E-state index in [-0.39, 0.29) is 32.8 Å². The lowest BCUT2D eigenvalue weighted by Crippen LogP contribution is -2.64. The minimum absolute atomic E-state index is 0.00529. The summed E-state index contributed by atoms with van der Waals surface area (Å²) >= 11 is 0. The molecule has 140 valence electrons. The summed E-state index contributed by atoms with van der Waals surface area (Å²) in [6.45, 7) is 1.78. The second-order valence-electron chi connectivity index (χ2n) is 5.74. The summed E-state index contributed by atoms with van der Waals surface area (Å²) in [6.07, 6.45) is -1.57. The fourth-order valence-corrected chi connectivity index (χ4v) is 3.03. The van der Waals surface area contributed by atoms with Crippen LogP contribution in [0.3, 0.4) is 0 Å². The molecule has 0 radical (unpaired) electrons. The zero-order valence-corrected chi connectivity index (χ0v) is 14.6. The van der Waals surface area contributed by atoms with Crippen LogP contribution in [0.4, 0.5) is 0 Å². The van der Waals surface area contributed by atoms with E-state index in [0.29, 0.717) is 6.42 Å². The van der Waals surface area contributed by atoms with Crippen molar-refractivity contribution >= 4 is 0 Å². The second kappa shape index (κ2) is 10.8. The van der Waals surface area contributed by atoms with Gasteiger partial charge in [0.05, 0.1) is 18.2 Å². The van der Waals surface area contributed by atoms with E-state index in [4.69, 9.17) is 34.0 Å².